The Bertz CT molecular complexity index is 1140. The van der Waals surface area contributed by atoms with E-state index in [4.69, 9.17) is 0 Å². The Labute approximate surface area is 211 Å². The van der Waals surface area contributed by atoms with E-state index in [1.807, 2.05) is 85.8 Å². The molecule has 0 bridgehead atoms. The first-order valence-corrected chi connectivity index (χ1v) is 13.4. The first kappa shape index (κ1) is 25.1. The van der Waals surface area contributed by atoms with Crippen LogP contribution in [0.5, 0.6) is 0 Å². The van der Waals surface area contributed by atoms with Crippen LogP contribution >= 0.6 is 0 Å². The van der Waals surface area contributed by atoms with Crippen LogP contribution < -0.4 is 0 Å². The summed E-state index contributed by atoms with van der Waals surface area (Å²) >= 11 is 0. The second kappa shape index (κ2) is 12.6. The van der Waals surface area contributed by atoms with Gasteiger partial charge in [-0.15, -0.1) is 0 Å². The van der Waals surface area contributed by atoms with Crippen LogP contribution in [0.3, 0.4) is 0 Å². The van der Waals surface area contributed by atoms with Crippen LogP contribution in [-0.2, 0) is 30.3 Å². The summed E-state index contributed by atoms with van der Waals surface area (Å²) in [5, 5.41) is 11.5. The predicted octanol–water partition coefficient (Wildman–Crippen LogP) is 5.78. The molecule has 0 radical (unpaired) electrons. The van der Waals surface area contributed by atoms with Crippen LogP contribution in [0.4, 0.5) is 0 Å². The van der Waals surface area contributed by atoms with Gasteiger partial charge in [0, 0.05) is 24.0 Å². The lowest BCUT2D eigenvalue weighted by Gasteiger charge is -2.35. The highest BCUT2D eigenvalue weighted by Gasteiger charge is 2.28. The summed E-state index contributed by atoms with van der Waals surface area (Å²) in [5.74, 6) is 0.195. The van der Waals surface area contributed by atoms with Gasteiger partial charge in [0.1, 0.15) is 0 Å². The number of hydrogen-bond donors (Lipinski definition) is 1. The zero-order valence-corrected chi connectivity index (χ0v) is 21.0. The molecule has 0 unspecified atom stereocenters. The molecule has 180 valence electrons. The highest BCUT2D eigenvalue weighted by Crippen LogP contribution is 2.21. The molecule has 0 heterocycles. The van der Waals surface area contributed by atoms with Crippen LogP contribution in [-0.4, -0.2) is 32.1 Å². The summed E-state index contributed by atoms with van der Waals surface area (Å²) in [6.45, 7) is 3.41. The van der Waals surface area contributed by atoms with Gasteiger partial charge in [-0.3, -0.25) is 9.11 Å². The van der Waals surface area contributed by atoms with Crippen molar-refractivity contribution in [3.8, 4) is 0 Å². The minimum atomic E-state index is -1.29. The Morgan fingerprint density at radius 3 is 1.63 bits per heavy atom. The van der Waals surface area contributed by atoms with Crippen molar-refractivity contribution in [2.45, 2.75) is 43.5 Å². The number of rotatable bonds is 11. The average Bonchev–Trinajstić information content (AvgIpc) is 2.89. The lowest BCUT2D eigenvalue weighted by Crippen LogP contribution is -2.46. The normalized spacial score (nSPS) is 13.9. The number of aliphatic hydroxyl groups is 1. The molecular formula is C31H33NO2S. The Hall–Kier alpha value is -3.05. The van der Waals surface area contributed by atoms with Gasteiger partial charge in [0.15, 0.2) is 0 Å². The second-order valence-electron chi connectivity index (χ2n) is 9.03. The highest BCUT2D eigenvalue weighted by molar-refractivity contribution is 7.85. The van der Waals surface area contributed by atoms with Gasteiger partial charge >= 0.3 is 0 Å². The molecule has 0 aliphatic heterocycles. The molecule has 4 aromatic carbocycles. The third kappa shape index (κ3) is 7.46. The molecule has 0 aromatic heterocycles. The summed E-state index contributed by atoms with van der Waals surface area (Å²) in [5.41, 5.74) is 4.66. The number of hydrogen-bond acceptors (Lipinski definition) is 3. The van der Waals surface area contributed by atoms with Crippen molar-refractivity contribution in [2.75, 3.05) is 5.75 Å². The molecule has 0 aliphatic carbocycles. The molecule has 4 heteroatoms. The number of nitrogens with zero attached hydrogens (tertiary/aromatic N) is 1. The van der Waals surface area contributed by atoms with Crippen LogP contribution in [0, 0.1) is 6.92 Å². The van der Waals surface area contributed by atoms with Gasteiger partial charge in [-0.05, 0) is 42.2 Å². The zero-order chi connectivity index (χ0) is 24.5. The van der Waals surface area contributed by atoms with E-state index in [1.165, 1.54) is 11.1 Å². The summed E-state index contributed by atoms with van der Waals surface area (Å²) in [4.78, 5) is 3.08. The standard InChI is InChI=1S/C31H33NO2S/c1-25-17-19-29(20-18-25)35(34)24-31(33)30(21-26-11-5-2-6-12-26)32(22-27-13-7-3-8-14-27)23-28-15-9-4-10-16-28/h2-20,30-31,33H,21-24H2,1H3/t30-,31+,35+/m0/s1. The van der Waals surface area contributed by atoms with Crippen molar-refractivity contribution < 1.29 is 9.32 Å². The predicted molar refractivity (Wildman–Crippen MR) is 145 cm³/mol. The lowest BCUT2D eigenvalue weighted by molar-refractivity contribution is 0.0529. The van der Waals surface area contributed by atoms with Crippen molar-refractivity contribution in [3.05, 3.63) is 138 Å². The molecule has 3 nitrogen and oxygen atoms in total. The molecule has 0 saturated carbocycles. The molecule has 4 aromatic rings. The third-order valence-electron chi connectivity index (χ3n) is 6.26. The Morgan fingerprint density at radius 1 is 0.686 bits per heavy atom. The van der Waals surface area contributed by atoms with Crippen LogP contribution in [0.1, 0.15) is 22.3 Å². The molecule has 1 N–H and O–H groups in total. The van der Waals surface area contributed by atoms with Crippen LogP contribution in [0.15, 0.2) is 120 Å². The molecule has 0 aliphatic rings. The average molecular weight is 484 g/mol. The highest BCUT2D eigenvalue weighted by atomic mass is 32.2. The smallest absolute Gasteiger partial charge is 0.0817 e. The van der Waals surface area contributed by atoms with E-state index in [0.717, 1.165) is 16.0 Å². The lowest BCUT2D eigenvalue weighted by atomic mass is 9.98. The van der Waals surface area contributed by atoms with Crippen molar-refractivity contribution in [2.24, 2.45) is 0 Å². The zero-order valence-electron chi connectivity index (χ0n) is 20.2. The van der Waals surface area contributed by atoms with Gasteiger partial charge in [0.05, 0.1) is 22.7 Å². The molecule has 0 spiro atoms. The molecule has 0 saturated heterocycles. The maximum atomic E-state index is 13.2. The maximum absolute atomic E-state index is 13.2. The Kier molecular flexibility index (Phi) is 9.02. The Balaban J connectivity index is 1.63. The van der Waals surface area contributed by atoms with Crippen molar-refractivity contribution >= 4 is 10.8 Å². The first-order chi connectivity index (χ1) is 17.1. The van der Waals surface area contributed by atoms with Crippen LogP contribution in [0.25, 0.3) is 0 Å². The SMILES string of the molecule is Cc1ccc([S@](=O)C[C@@H](O)[C@H](Cc2ccccc2)N(Cc2ccccc2)Cc2ccccc2)cc1. The van der Waals surface area contributed by atoms with Gasteiger partial charge in [0.2, 0.25) is 0 Å². The molecule has 3 atom stereocenters. The van der Waals surface area contributed by atoms with E-state index in [9.17, 15) is 9.32 Å². The number of benzene rings is 4. The third-order valence-corrected chi connectivity index (χ3v) is 7.71. The minimum Gasteiger partial charge on any atom is -0.391 e. The van der Waals surface area contributed by atoms with E-state index >= 15 is 0 Å². The fourth-order valence-corrected chi connectivity index (χ4v) is 5.51. The van der Waals surface area contributed by atoms with Gasteiger partial charge in [-0.2, -0.15) is 0 Å². The first-order valence-electron chi connectivity index (χ1n) is 12.1. The molecule has 35 heavy (non-hydrogen) atoms. The molecule has 4 rings (SSSR count). The van der Waals surface area contributed by atoms with E-state index in [-0.39, 0.29) is 11.8 Å². The van der Waals surface area contributed by atoms with Crippen molar-refractivity contribution in [3.63, 3.8) is 0 Å². The fraction of sp³-hybridized carbons (Fsp3) is 0.226. The summed E-state index contributed by atoms with van der Waals surface area (Å²) in [7, 11) is -1.29. The van der Waals surface area contributed by atoms with Crippen molar-refractivity contribution in [1.29, 1.82) is 0 Å². The molecule has 0 fully saturated rings. The summed E-state index contributed by atoms with van der Waals surface area (Å²) in [6.07, 6.45) is -0.0861. The van der Waals surface area contributed by atoms with Gasteiger partial charge in [0.25, 0.3) is 0 Å². The maximum Gasteiger partial charge on any atom is 0.0817 e. The van der Waals surface area contributed by atoms with E-state index in [2.05, 4.69) is 41.3 Å². The fourth-order valence-electron chi connectivity index (χ4n) is 4.34. The van der Waals surface area contributed by atoms with E-state index in [1.54, 1.807) is 0 Å². The number of aryl methyl sites for hydroxylation is 1. The molecule has 0 amide bonds. The van der Waals surface area contributed by atoms with Gasteiger partial charge in [-0.25, -0.2) is 0 Å². The summed E-state index contributed by atoms with van der Waals surface area (Å²) in [6, 6.07) is 38.5. The van der Waals surface area contributed by atoms with Gasteiger partial charge in [-0.1, -0.05) is 109 Å². The van der Waals surface area contributed by atoms with E-state index < -0.39 is 16.9 Å². The van der Waals surface area contributed by atoms with Gasteiger partial charge < -0.3 is 5.11 Å². The largest absolute Gasteiger partial charge is 0.391 e. The Morgan fingerprint density at radius 2 is 1.14 bits per heavy atom. The summed E-state index contributed by atoms with van der Waals surface area (Å²) < 4.78 is 13.2. The van der Waals surface area contributed by atoms with Crippen LogP contribution in [0.2, 0.25) is 0 Å². The topological polar surface area (TPSA) is 40.5 Å². The molecular weight excluding hydrogens is 450 g/mol. The quantitative estimate of drug-likeness (QED) is 0.294. The van der Waals surface area contributed by atoms with E-state index in [0.29, 0.717) is 19.5 Å². The minimum absolute atomic E-state index is 0.195. The number of aliphatic hydroxyl groups excluding tert-OH is 1. The second-order valence-corrected chi connectivity index (χ2v) is 10.5. The van der Waals surface area contributed by atoms with Crippen molar-refractivity contribution in [1.82, 2.24) is 4.90 Å². The monoisotopic (exact) mass is 483 g/mol.